The minimum atomic E-state index is -0.680. The van der Waals surface area contributed by atoms with E-state index in [9.17, 15) is 9.59 Å². The number of likely N-dealkylation sites (tertiary alicyclic amines) is 1. The first kappa shape index (κ1) is 20.8. The molecule has 1 saturated heterocycles. The Morgan fingerprint density at radius 2 is 1.96 bits per heavy atom. The number of quaternary nitrogens is 1. The van der Waals surface area contributed by atoms with Crippen LogP contribution in [0.5, 0.6) is 0 Å². The molecule has 0 bridgehead atoms. The topological polar surface area (TPSA) is 75.5 Å². The first-order chi connectivity index (χ1) is 13.4. The van der Waals surface area contributed by atoms with Crippen molar-refractivity contribution in [2.75, 3.05) is 18.4 Å². The average molecular weight is 422 g/mol. The molecule has 2 aromatic rings. The maximum absolute atomic E-state index is 12.8. The van der Waals surface area contributed by atoms with E-state index < -0.39 is 6.04 Å². The molecule has 1 aromatic carbocycles. The SMILES string of the molecule is CC(C)[C@@H](NC(=O)c1ccccc1Cl)C(=O)Nc1nc(C[NH+]2CCCC2)cs1. The van der Waals surface area contributed by atoms with Crippen LogP contribution in [0.3, 0.4) is 0 Å². The highest BCUT2D eigenvalue weighted by Gasteiger charge is 2.26. The molecule has 3 N–H and O–H groups in total. The quantitative estimate of drug-likeness (QED) is 0.642. The fourth-order valence-corrected chi connectivity index (χ4v) is 4.27. The highest BCUT2D eigenvalue weighted by Crippen LogP contribution is 2.18. The van der Waals surface area contributed by atoms with Crippen molar-refractivity contribution in [3.8, 4) is 0 Å². The number of nitrogens with one attached hydrogen (secondary N) is 3. The van der Waals surface area contributed by atoms with Crippen molar-refractivity contribution < 1.29 is 14.5 Å². The first-order valence-electron chi connectivity index (χ1n) is 9.58. The van der Waals surface area contributed by atoms with Crippen molar-refractivity contribution >= 4 is 39.9 Å². The van der Waals surface area contributed by atoms with Gasteiger partial charge in [0.1, 0.15) is 18.3 Å². The molecule has 1 aliphatic heterocycles. The Bertz CT molecular complexity index is 833. The number of carbonyl (C=O) groups is 2. The number of nitrogens with zero attached hydrogens (tertiary/aromatic N) is 1. The number of carbonyl (C=O) groups excluding carboxylic acids is 2. The van der Waals surface area contributed by atoms with E-state index in [1.165, 1.54) is 42.2 Å². The summed E-state index contributed by atoms with van der Waals surface area (Å²) in [5.41, 5.74) is 1.35. The predicted octanol–water partition coefficient (Wildman–Crippen LogP) is 2.37. The maximum atomic E-state index is 12.8. The van der Waals surface area contributed by atoms with Gasteiger partial charge in [0.05, 0.1) is 23.7 Å². The van der Waals surface area contributed by atoms with E-state index in [2.05, 4.69) is 15.6 Å². The summed E-state index contributed by atoms with van der Waals surface area (Å²) in [5.74, 6) is -0.721. The van der Waals surface area contributed by atoms with Gasteiger partial charge < -0.3 is 15.5 Å². The number of rotatable bonds is 7. The lowest BCUT2D eigenvalue weighted by Gasteiger charge is -2.21. The van der Waals surface area contributed by atoms with Crippen LogP contribution in [0.4, 0.5) is 5.13 Å². The average Bonchev–Trinajstić information content (AvgIpc) is 3.32. The van der Waals surface area contributed by atoms with Gasteiger partial charge in [-0.1, -0.05) is 37.6 Å². The van der Waals surface area contributed by atoms with Gasteiger partial charge in [0.25, 0.3) is 5.91 Å². The van der Waals surface area contributed by atoms with Gasteiger partial charge in [-0.25, -0.2) is 4.98 Å². The molecule has 1 aliphatic rings. The lowest BCUT2D eigenvalue weighted by molar-refractivity contribution is -0.901. The van der Waals surface area contributed by atoms with Crippen LogP contribution in [0.25, 0.3) is 0 Å². The normalized spacial score (nSPS) is 15.6. The molecule has 1 fully saturated rings. The van der Waals surface area contributed by atoms with Crippen LogP contribution in [0.1, 0.15) is 42.7 Å². The van der Waals surface area contributed by atoms with Crippen molar-refractivity contribution in [2.45, 2.75) is 39.3 Å². The van der Waals surface area contributed by atoms with Gasteiger partial charge >= 0.3 is 0 Å². The van der Waals surface area contributed by atoms with E-state index in [1.807, 2.05) is 19.2 Å². The Morgan fingerprint density at radius 3 is 2.64 bits per heavy atom. The Balaban J connectivity index is 1.62. The molecule has 3 rings (SSSR count). The van der Waals surface area contributed by atoms with E-state index in [-0.39, 0.29) is 17.7 Å². The van der Waals surface area contributed by atoms with Gasteiger partial charge in [-0.3, -0.25) is 9.59 Å². The summed E-state index contributed by atoms with van der Waals surface area (Å²) in [5, 5.41) is 8.57. The Hall–Kier alpha value is -1.96. The van der Waals surface area contributed by atoms with Gasteiger partial charge in [-0.2, -0.15) is 0 Å². The van der Waals surface area contributed by atoms with Crippen LogP contribution < -0.4 is 15.5 Å². The summed E-state index contributed by atoms with van der Waals surface area (Å²) in [6, 6.07) is 6.11. The zero-order valence-corrected chi connectivity index (χ0v) is 17.7. The van der Waals surface area contributed by atoms with Crippen LogP contribution >= 0.6 is 22.9 Å². The Kier molecular flexibility index (Phi) is 7.04. The molecular formula is C20H26ClN4O2S+. The Labute approximate surface area is 174 Å². The van der Waals surface area contributed by atoms with Crippen molar-refractivity contribution in [1.29, 1.82) is 0 Å². The van der Waals surface area contributed by atoms with Crippen molar-refractivity contribution in [3.05, 3.63) is 45.9 Å². The molecule has 1 aromatic heterocycles. The molecule has 0 unspecified atom stereocenters. The van der Waals surface area contributed by atoms with Crippen molar-refractivity contribution in [1.82, 2.24) is 10.3 Å². The van der Waals surface area contributed by atoms with Crippen LogP contribution in [0, 0.1) is 5.92 Å². The molecule has 0 radical (unpaired) electrons. The molecule has 150 valence electrons. The van der Waals surface area contributed by atoms with Crippen LogP contribution in [-0.4, -0.2) is 35.9 Å². The molecule has 8 heteroatoms. The Morgan fingerprint density at radius 1 is 1.25 bits per heavy atom. The lowest BCUT2D eigenvalue weighted by Crippen LogP contribution is -3.08. The molecule has 0 saturated carbocycles. The summed E-state index contributed by atoms with van der Waals surface area (Å²) in [6.45, 7) is 7.04. The van der Waals surface area contributed by atoms with Gasteiger partial charge in [0.2, 0.25) is 5.91 Å². The molecule has 2 amide bonds. The highest BCUT2D eigenvalue weighted by molar-refractivity contribution is 7.13. The second kappa shape index (κ2) is 9.49. The standard InChI is InChI=1S/C20H25ClN4O2S/c1-13(2)17(23-18(26)15-7-3-4-8-16(15)21)19(27)24-20-22-14(12-28-20)11-25-9-5-6-10-25/h3-4,7-8,12-13,17H,5-6,9-11H2,1-2H3,(H,23,26)(H,22,24,27)/p+1/t17-/m1/s1. The number of thiazole rings is 1. The third-order valence-corrected chi connectivity index (χ3v) is 6.01. The number of anilines is 1. The van der Waals surface area contributed by atoms with E-state index in [1.54, 1.807) is 24.3 Å². The van der Waals surface area contributed by atoms with E-state index in [0.29, 0.717) is 15.7 Å². The number of amides is 2. The van der Waals surface area contributed by atoms with E-state index in [4.69, 9.17) is 11.6 Å². The third-order valence-electron chi connectivity index (χ3n) is 4.88. The summed E-state index contributed by atoms with van der Waals surface area (Å²) in [6.07, 6.45) is 2.54. The molecule has 2 heterocycles. The minimum Gasteiger partial charge on any atom is -0.340 e. The molecular weight excluding hydrogens is 396 g/mol. The largest absolute Gasteiger partial charge is 0.340 e. The first-order valence-corrected chi connectivity index (χ1v) is 10.8. The van der Waals surface area contributed by atoms with Gasteiger partial charge in [0.15, 0.2) is 5.13 Å². The van der Waals surface area contributed by atoms with Gasteiger partial charge in [-0.05, 0) is 18.1 Å². The fourth-order valence-electron chi connectivity index (χ4n) is 3.34. The molecule has 0 aliphatic carbocycles. The third kappa shape index (κ3) is 5.31. The highest BCUT2D eigenvalue weighted by atomic mass is 35.5. The van der Waals surface area contributed by atoms with Crippen LogP contribution in [0.15, 0.2) is 29.6 Å². The maximum Gasteiger partial charge on any atom is 0.253 e. The van der Waals surface area contributed by atoms with Crippen molar-refractivity contribution in [3.63, 3.8) is 0 Å². The van der Waals surface area contributed by atoms with Gasteiger partial charge in [-0.15, -0.1) is 11.3 Å². The number of hydrogen-bond acceptors (Lipinski definition) is 4. The number of hydrogen-bond donors (Lipinski definition) is 3. The summed E-state index contributed by atoms with van der Waals surface area (Å²) in [4.78, 5) is 31.4. The predicted molar refractivity (Wildman–Crippen MR) is 112 cm³/mol. The second-order valence-electron chi connectivity index (χ2n) is 7.44. The lowest BCUT2D eigenvalue weighted by atomic mass is 10.0. The molecule has 1 atom stereocenters. The summed E-state index contributed by atoms with van der Waals surface area (Å²) >= 11 is 7.51. The smallest absolute Gasteiger partial charge is 0.253 e. The van der Waals surface area contributed by atoms with E-state index >= 15 is 0 Å². The fraction of sp³-hybridized carbons (Fsp3) is 0.450. The van der Waals surface area contributed by atoms with Crippen LogP contribution in [-0.2, 0) is 11.3 Å². The van der Waals surface area contributed by atoms with E-state index in [0.717, 1.165) is 12.2 Å². The number of benzene rings is 1. The number of aromatic nitrogens is 1. The second-order valence-corrected chi connectivity index (χ2v) is 8.71. The minimum absolute atomic E-state index is 0.0834. The van der Waals surface area contributed by atoms with Crippen molar-refractivity contribution in [2.24, 2.45) is 5.92 Å². The molecule has 6 nitrogen and oxygen atoms in total. The van der Waals surface area contributed by atoms with Gasteiger partial charge in [0, 0.05) is 18.2 Å². The van der Waals surface area contributed by atoms with Crippen LogP contribution in [0.2, 0.25) is 5.02 Å². The monoisotopic (exact) mass is 421 g/mol. The molecule has 0 spiro atoms. The zero-order valence-electron chi connectivity index (χ0n) is 16.1. The summed E-state index contributed by atoms with van der Waals surface area (Å²) in [7, 11) is 0. The zero-order chi connectivity index (χ0) is 20.1. The summed E-state index contributed by atoms with van der Waals surface area (Å²) < 4.78 is 0. The number of halogens is 1. The molecule has 28 heavy (non-hydrogen) atoms.